The largest absolute Gasteiger partial charge is 0.348 e. The maximum atomic E-state index is 14.1. The van der Waals surface area contributed by atoms with E-state index in [0.717, 1.165) is 29.1 Å². The second-order valence-electron chi connectivity index (χ2n) is 7.68. The van der Waals surface area contributed by atoms with Gasteiger partial charge in [-0.15, -0.1) is 0 Å². The Morgan fingerprint density at radius 2 is 1.76 bits per heavy atom. The number of halogens is 1. The van der Waals surface area contributed by atoms with Crippen molar-refractivity contribution in [1.29, 1.82) is 0 Å². The number of rotatable bonds is 6. The number of carbonyl (C=O) groups excluding carboxylic acids is 1. The van der Waals surface area contributed by atoms with Crippen molar-refractivity contribution >= 4 is 16.9 Å². The first-order valence-corrected chi connectivity index (χ1v) is 9.76. The molecule has 1 heterocycles. The standard InChI is InChI=1S/C23H27FN4O/c1-14(2)28(5)13-18-9-7-6-8-17(18)12-25-23(29)20-10-19(24)11-21-22(20)27-16(4)15(3)26-21/h6-11,14H,12-13H2,1-5H3,(H,25,29). The van der Waals surface area contributed by atoms with Gasteiger partial charge in [0.15, 0.2) is 0 Å². The van der Waals surface area contributed by atoms with Crippen molar-refractivity contribution in [2.75, 3.05) is 7.05 Å². The smallest absolute Gasteiger partial charge is 0.253 e. The van der Waals surface area contributed by atoms with Gasteiger partial charge < -0.3 is 5.32 Å². The number of fused-ring (bicyclic) bond motifs is 1. The predicted molar refractivity (Wildman–Crippen MR) is 113 cm³/mol. The summed E-state index contributed by atoms with van der Waals surface area (Å²) in [5.41, 5.74) is 4.63. The Hall–Kier alpha value is -2.86. The van der Waals surface area contributed by atoms with Crippen molar-refractivity contribution in [1.82, 2.24) is 20.2 Å². The van der Waals surface area contributed by atoms with E-state index in [4.69, 9.17) is 0 Å². The van der Waals surface area contributed by atoms with Crippen LogP contribution in [0.3, 0.4) is 0 Å². The van der Waals surface area contributed by atoms with Gasteiger partial charge in [-0.1, -0.05) is 24.3 Å². The minimum Gasteiger partial charge on any atom is -0.348 e. The van der Waals surface area contributed by atoms with Gasteiger partial charge in [-0.3, -0.25) is 9.69 Å². The molecule has 0 saturated carbocycles. The van der Waals surface area contributed by atoms with Crippen LogP contribution in [-0.4, -0.2) is 33.9 Å². The Bertz CT molecular complexity index is 1050. The molecule has 0 atom stereocenters. The minimum atomic E-state index is -0.501. The van der Waals surface area contributed by atoms with Crippen molar-refractivity contribution in [3.63, 3.8) is 0 Å². The minimum absolute atomic E-state index is 0.201. The summed E-state index contributed by atoms with van der Waals surface area (Å²) in [6, 6.07) is 11.0. The predicted octanol–water partition coefficient (Wildman–Crippen LogP) is 4.16. The van der Waals surface area contributed by atoms with Crippen molar-refractivity contribution in [3.8, 4) is 0 Å². The Morgan fingerprint density at radius 1 is 1.10 bits per heavy atom. The summed E-state index contributed by atoms with van der Waals surface area (Å²) in [7, 11) is 2.07. The van der Waals surface area contributed by atoms with Crippen LogP contribution in [0.1, 0.15) is 46.7 Å². The van der Waals surface area contributed by atoms with Crippen LogP contribution >= 0.6 is 0 Å². The highest BCUT2D eigenvalue weighted by molar-refractivity contribution is 6.04. The van der Waals surface area contributed by atoms with Gasteiger partial charge in [-0.25, -0.2) is 14.4 Å². The van der Waals surface area contributed by atoms with Crippen molar-refractivity contribution in [2.24, 2.45) is 0 Å². The lowest BCUT2D eigenvalue weighted by Gasteiger charge is -2.22. The normalized spacial score (nSPS) is 11.4. The van der Waals surface area contributed by atoms with Crippen molar-refractivity contribution in [3.05, 3.63) is 70.3 Å². The third-order valence-corrected chi connectivity index (χ3v) is 5.25. The van der Waals surface area contributed by atoms with Crippen LogP contribution in [0.15, 0.2) is 36.4 Å². The Labute approximate surface area is 171 Å². The molecule has 0 unspecified atom stereocenters. The van der Waals surface area contributed by atoms with Gasteiger partial charge >= 0.3 is 0 Å². The molecule has 3 aromatic rings. The fourth-order valence-electron chi connectivity index (χ4n) is 3.08. The van der Waals surface area contributed by atoms with E-state index >= 15 is 0 Å². The quantitative estimate of drug-likeness (QED) is 0.682. The van der Waals surface area contributed by atoms with Crippen LogP contribution in [0.5, 0.6) is 0 Å². The van der Waals surface area contributed by atoms with Gasteiger partial charge in [0.05, 0.1) is 22.5 Å². The molecule has 0 aliphatic rings. The number of nitrogens with one attached hydrogen (secondary N) is 1. The second-order valence-corrected chi connectivity index (χ2v) is 7.68. The van der Waals surface area contributed by atoms with E-state index in [1.165, 1.54) is 12.1 Å². The van der Waals surface area contributed by atoms with Gasteiger partial charge in [0.2, 0.25) is 0 Å². The molecule has 29 heavy (non-hydrogen) atoms. The van der Waals surface area contributed by atoms with Crippen molar-refractivity contribution < 1.29 is 9.18 Å². The van der Waals surface area contributed by atoms with E-state index in [2.05, 4.69) is 47.1 Å². The molecule has 0 bridgehead atoms. The maximum Gasteiger partial charge on any atom is 0.253 e. The second kappa shape index (κ2) is 8.66. The molecule has 0 spiro atoms. The van der Waals surface area contributed by atoms with E-state index in [1.807, 2.05) is 32.0 Å². The summed E-state index contributed by atoms with van der Waals surface area (Å²) in [6.45, 7) is 9.08. The number of nitrogens with zero attached hydrogens (tertiary/aromatic N) is 3. The first kappa shape index (κ1) is 20.9. The van der Waals surface area contributed by atoms with Crippen LogP contribution in [0.25, 0.3) is 11.0 Å². The molecule has 1 aromatic heterocycles. The molecule has 0 aliphatic carbocycles. The van der Waals surface area contributed by atoms with Gasteiger partial charge in [-0.2, -0.15) is 0 Å². The van der Waals surface area contributed by atoms with Gasteiger partial charge in [-0.05, 0) is 51.9 Å². The summed E-state index contributed by atoms with van der Waals surface area (Å²) in [5.74, 6) is -0.863. The van der Waals surface area contributed by atoms with Crippen LogP contribution in [0, 0.1) is 19.7 Å². The maximum absolute atomic E-state index is 14.1. The number of hydrogen-bond acceptors (Lipinski definition) is 4. The molecular weight excluding hydrogens is 367 g/mol. The molecule has 0 saturated heterocycles. The van der Waals surface area contributed by atoms with Gasteiger partial charge in [0.1, 0.15) is 11.3 Å². The molecule has 0 radical (unpaired) electrons. The van der Waals surface area contributed by atoms with Crippen LogP contribution in [0.4, 0.5) is 4.39 Å². The van der Waals surface area contributed by atoms with Gasteiger partial charge in [0.25, 0.3) is 5.91 Å². The third-order valence-electron chi connectivity index (χ3n) is 5.25. The highest BCUT2D eigenvalue weighted by Gasteiger charge is 2.16. The molecule has 152 valence electrons. The monoisotopic (exact) mass is 394 g/mol. The molecule has 2 aromatic carbocycles. The lowest BCUT2D eigenvalue weighted by molar-refractivity contribution is 0.0951. The van der Waals surface area contributed by atoms with E-state index in [1.54, 1.807) is 0 Å². The van der Waals surface area contributed by atoms with Gasteiger partial charge in [0, 0.05) is 25.2 Å². The third kappa shape index (κ3) is 4.77. The molecule has 3 rings (SSSR count). The lowest BCUT2D eigenvalue weighted by Crippen LogP contribution is -2.28. The highest BCUT2D eigenvalue weighted by Crippen LogP contribution is 2.20. The zero-order valence-electron chi connectivity index (χ0n) is 17.6. The van der Waals surface area contributed by atoms with Crippen molar-refractivity contribution in [2.45, 2.75) is 46.8 Å². The Morgan fingerprint density at radius 3 is 2.45 bits per heavy atom. The highest BCUT2D eigenvalue weighted by atomic mass is 19.1. The number of aryl methyl sites for hydroxylation is 2. The van der Waals surface area contributed by atoms with E-state index < -0.39 is 5.82 Å². The molecule has 0 fully saturated rings. The molecule has 1 amide bonds. The van der Waals surface area contributed by atoms with E-state index in [0.29, 0.717) is 23.6 Å². The van der Waals surface area contributed by atoms with Crippen LogP contribution in [0.2, 0.25) is 0 Å². The van der Waals surface area contributed by atoms with E-state index in [9.17, 15) is 9.18 Å². The SMILES string of the molecule is Cc1nc2cc(F)cc(C(=O)NCc3ccccc3CN(C)C(C)C)c2nc1C. The molecular formula is C23H27FN4O. The summed E-state index contributed by atoms with van der Waals surface area (Å²) in [4.78, 5) is 23.9. The number of aromatic nitrogens is 2. The molecule has 0 aliphatic heterocycles. The molecule has 1 N–H and O–H groups in total. The average molecular weight is 394 g/mol. The summed E-state index contributed by atoms with van der Waals surface area (Å²) < 4.78 is 14.1. The Kier molecular flexibility index (Phi) is 6.23. The summed E-state index contributed by atoms with van der Waals surface area (Å²) >= 11 is 0. The first-order chi connectivity index (χ1) is 13.8. The zero-order valence-corrected chi connectivity index (χ0v) is 17.6. The number of benzene rings is 2. The average Bonchev–Trinajstić information content (AvgIpc) is 2.67. The number of hydrogen-bond donors (Lipinski definition) is 1. The van der Waals surface area contributed by atoms with E-state index in [-0.39, 0.29) is 11.5 Å². The fraction of sp³-hybridized carbons (Fsp3) is 0.348. The number of amides is 1. The Balaban J connectivity index is 1.85. The lowest BCUT2D eigenvalue weighted by atomic mass is 10.1. The van der Waals surface area contributed by atoms with Crippen LogP contribution < -0.4 is 5.32 Å². The summed E-state index contributed by atoms with van der Waals surface area (Å²) in [6.07, 6.45) is 0. The molecule has 5 nitrogen and oxygen atoms in total. The first-order valence-electron chi connectivity index (χ1n) is 9.76. The number of carbonyl (C=O) groups is 1. The fourth-order valence-corrected chi connectivity index (χ4v) is 3.08. The summed E-state index contributed by atoms with van der Waals surface area (Å²) in [5, 5.41) is 2.92. The molecule has 6 heteroatoms. The zero-order chi connectivity index (χ0) is 21.1. The topological polar surface area (TPSA) is 58.1 Å². The van der Waals surface area contributed by atoms with Crippen LogP contribution in [-0.2, 0) is 13.1 Å².